The molecule has 1 aliphatic rings. The van der Waals surface area contributed by atoms with Crippen LogP contribution in [0.3, 0.4) is 0 Å². The van der Waals surface area contributed by atoms with E-state index in [-0.39, 0.29) is 12.5 Å². The molecule has 3 rings (SSSR count). The molecule has 5 nitrogen and oxygen atoms in total. The minimum atomic E-state index is -0.894. The minimum Gasteiger partial charge on any atom is -0.481 e. The highest BCUT2D eigenvalue weighted by atomic mass is 79.9. The fourth-order valence-electron chi connectivity index (χ4n) is 2.62. The predicted molar refractivity (Wildman–Crippen MR) is 87.3 cm³/mol. The first-order valence-electron chi connectivity index (χ1n) is 6.78. The lowest BCUT2D eigenvalue weighted by Gasteiger charge is -2.17. The Morgan fingerprint density at radius 3 is 2.86 bits per heavy atom. The smallest absolute Gasteiger partial charge is 0.312 e. The van der Waals surface area contributed by atoms with Crippen LogP contribution in [0, 0.1) is 0 Å². The van der Waals surface area contributed by atoms with Crippen LogP contribution < -0.4 is 4.90 Å². The van der Waals surface area contributed by atoms with Gasteiger partial charge in [0.25, 0.3) is 0 Å². The number of carbonyl (C=O) groups excluding carboxylic acids is 1. The summed E-state index contributed by atoms with van der Waals surface area (Å²) in [6.07, 6.45) is 2.70. The summed E-state index contributed by atoms with van der Waals surface area (Å²) in [6.45, 7) is 0.208. The number of carbonyl (C=O) groups is 2. The van der Waals surface area contributed by atoms with Crippen LogP contribution in [0.5, 0.6) is 0 Å². The van der Waals surface area contributed by atoms with E-state index in [0.29, 0.717) is 24.1 Å². The Balaban J connectivity index is 1.74. The zero-order valence-corrected chi connectivity index (χ0v) is 13.9. The summed E-state index contributed by atoms with van der Waals surface area (Å²) in [5.74, 6) is -1.59. The number of para-hydroxylation sites is 1. The number of rotatable bonds is 4. The first-order chi connectivity index (χ1) is 10.6. The predicted octanol–water partition coefficient (Wildman–Crippen LogP) is 3.05. The van der Waals surface area contributed by atoms with Crippen LogP contribution in [-0.4, -0.2) is 28.5 Å². The van der Waals surface area contributed by atoms with Gasteiger partial charge in [0.05, 0.1) is 0 Å². The standard InChI is InChI=1S/C15H13BrN2O3S/c16-15-17-7-9(22-15)5-6-13(19)18-8-11(14(20)21)10-3-1-2-4-12(10)18/h1-4,7,11H,5-6,8H2,(H,20,21). The molecule has 114 valence electrons. The molecule has 1 aromatic heterocycles. The van der Waals surface area contributed by atoms with Gasteiger partial charge in [-0.15, -0.1) is 11.3 Å². The number of thiazole rings is 1. The van der Waals surface area contributed by atoms with Crippen molar-refractivity contribution in [3.05, 3.63) is 44.8 Å². The summed E-state index contributed by atoms with van der Waals surface area (Å²) in [6, 6.07) is 7.21. The number of carboxylic acid groups (broad SMARTS) is 1. The molecule has 1 N–H and O–H groups in total. The summed E-state index contributed by atoms with van der Waals surface area (Å²) in [5.41, 5.74) is 1.43. The largest absolute Gasteiger partial charge is 0.481 e. The van der Waals surface area contributed by atoms with Crippen LogP contribution in [0.1, 0.15) is 22.8 Å². The van der Waals surface area contributed by atoms with Crippen molar-refractivity contribution in [1.29, 1.82) is 0 Å². The lowest BCUT2D eigenvalue weighted by atomic mass is 10.0. The van der Waals surface area contributed by atoms with Crippen LogP contribution in [0.2, 0.25) is 0 Å². The van der Waals surface area contributed by atoms with Gasteiger partial charge in [0, 0.05) is 29.7 Å². The summed E-state index contributed by atoms with van der Waals surface area (Å²) >= 11 is 4.80. The van der Waals surface area contributed by atoms with Crippen molar-refractivity contribution in [3.63, 3.8) is 0 Å². The molecular formula is C15H13BrN2O3S. The van der Waals surface area contributed by atoms with E-state index >= 15 is 0 Å². The van der Waals surface area contributed by atoms with E-state index in [1.807, 2.05) is 6.07 Å². The monoisotopic (exact) mass is 380 g/mol. The van der Waals surface area contributed by atoms with Crippen molar-refractivity contribution >= 4 is 44.8 Å². The summed E-state index contributed by atoms with van der Waals surface area (Å²) in [4.78, 5) is 30.5. The Labute approximate surface area is 139 Å². The number of halogens is 1. The van der Waals surface area contributed by atoms with Crippen LogP contribution in [0.15, 0.2) is 34.4 Å². The molecule has 2 aromatic rings. The Bertz CT molecular complexity index is 731. The molecule has 1 aromatic carbocycles. The lowest BCUT2D eigenvalue weighted by molar-refractivity contribution is -0.138. The number of hydrogen-bond acceptors (Lipinski definition) is 4. The van der Waals surface area contributed by atoms with Crippen LogP contribution in [-0.2, 0) is 16.0 Å². The highest BCUT2D eigenvalue weighted by Crippen LogP contribution is 2.36. The van der Waals surface area contributed by atoms with Crippen LogP contribution in [0.25, 0.3) is 0 Å². The molecule has 1 aliphatic heterocycles. The Kier molecular flexibility index (Phi) is 4.26. The molecule has 22 heavy (non-hydrogen) atoms. The van der Waals surface area contributed by atoms with Gasteiger partial charge in [-0.05, 0) is 34.0 Å². The third kappa shape index (κ3) is 2.91. The van der Waals surface area contributed by atoms with Crippen LogP contribution >= 0.6 is 27.3 Å². The van der Waals surface area contributed by atoms with Gasteiger partial charge in [0.15, 0.2) is 3.92 Å². The van der Waals surface area contributed by atoms with Crippen molar-refractivity contribution in [1.82, 2.24) is 4.98 Å². The summed E-state index contributed by atoms with van der Waals surface area (Å²) in [5, 5.41) is 9.32. The van der Waals surface area contributed by atoms with Gasteiger partial charge in [0.1, 0.15) is 5.92 Å². The van der Waals surface area contributed by atoms with E-state index in [1.54, 1.807) is 29.3 Å². The first-order valence-corrected chi connectivity index (χ1v) is 8.39. The molecule has 7 heteroatoms. The number of hydrogen-bond donors (Lipinski definition) is 1. The summed E-state index contributed by atoms with van der Waals surface area (Å²) < 4.78 is 0.799. The van der Waals surface area contributed by atoms with E-state index in [4.69, 9.17) is 0 Å². The SMILES string of the molecule is O=C(O)C1CN(C(=O)CCc2cnc(Br)s2)c2ccccc21. The summed E-state index contributed by atoms with van der Waals surface area (Å²) in [7, 11) is 0. The minimum absolute atomic E-state index is 0.0549. The molecule has 0 fully saturated rings. The van der Waals surface area contributed by atoms with Crippen LogP contribution in [0.4, 0.5) is 5.69 Å². The van der Waals surface area contributed by atoms with Crippen molar-refractivity contribution in [2.24, 2.45) is 0 Å². The molecule has 0 saturated carbocycles. The number of nitrogens with zero attached hydrogens (tertiary/aromatic N) is 2. The normalized spacial score (nSPS) is 16.6. The number of aryl methyl sites for hydroxylation is 1. The van der Waals surface area contributed by atoms with E-state index in [9.17, 15) is 14.7 Å². The van der Waals surface area contributed by atoms with Crippen molar-refractivity contribution in [2.75, 3.05) is 11.4 Å². The van der Waals surface area contributed by atoms with Gasteiger partial charge < -0.3 is 10.0 Å². The number of carboxylic acids is 1. The van der Waals surface area contributed by atoms with E-state index in [0.717, 1.165) is 8.79 Å². The quantitative estimate of drug-likeness (QED) is 0.884. The molecule has 0 saturated heterocycles. The number of fused-ring (bicyclic) bond motifs is 1. The lowest BCUT2D eigenvalue weighted by Crippen LogP contribution is -2.31. The first kappa shape index (κ1) is 15.2. The molecule has 1 unspecified atom stereocenters. The number of benzene rings is 1. The topological polar surface area (TPSA) is 70.5 Å². The molecule has 0 spiro atoms. The molecular weight excluding hydrogens is 368 g/mol. The van der Waals surface area contributed by atoms with E-state index < -0.39 is 11.9 Å². The fraction of sp³-hybridized carbons (Fsp3) is 0.267. The van der Waals surface area contributed by atoms with Crippen molar-refractivity contribution in [3.8, 4) is 0 Å². The van der Waals surface area contributed by atoms with Gasteiger partial charge in [0.2, 0.25) is 5.91 Å². The molecule has 1 atom stereocenters. The molecule has 0 aliphatic carbocycles. The molecule has 0 radical (unpaired) electrons. The Morgan fingerprint density at radius 2 is 2.18 bits per heavy atom. The average Bonchev–Trinajstić information content (AvgIpc) is 3.08. The van der Waals surface area contributed by atoms with E-state index in [1.165, 1.54) is 11.3 Å². The molecule has 2 heterocycles. The molecule has 0 bridgehead atoms. The zero-order valence-electron chi connectivity index (χ0n) is 11.5. The maximum Gasteiger partial charge on any atom is 0.312 e. The van der Waals surface area contributed by atoms with E-state index in [2.05, 4.69) is 20.9 Å². The fourth-order valence-corrected chi connectivity index (χ4v) is 3.98. The zero-order chi connectivity index (χ0) is 15.7. The highest BCUT2D eigenvalue weighted by Gasteiger charge is 2.35. The van der Waals surface area contributed by atoms with Gasteiger partial charge in [-0.1, -0.05) is 18.2 Å². The third-order valence-corrected chi connectivity index (χ3v) is 5.21. The van der Waals surface area contributed by atoms with Gasteiger partial charge in [-0.3, -0.25) is 9.59 Å². The number of aliphatic carboxylic acids is 1. The second-order valence-electron chi connectivity index (χ2n) is 5.03. The van der Waals surface area contributed by atoms with Gasteiger partial charge in [-0.2, -0.15) is 0 Å². The Morgan fingerprint density at radius 1 is 1.41 bits per heavy atom. The van der Waals surface area contributed by atoms with Crippen molar-refractivity contribution in [2.45, 2.75) is 18.8 Å². The second-order valence-corrected chi connectivity index (χ2v) is 7.42. The maximum absolute atomic E-state index is 12.5. The second kappa shape index (κ2) is 6.18. The number of anilines is 1. The average molecular weight is 381 g/mol. The highest BCUT2D eigenvalue weighted by molar-refractivity contribution is 9.11. The van der Waals surface area contributed by atoms with Gasteiger partial charge >= 0.3 is 5.97 Å². The van der Waals surface area contributed by atoms with Crippen molar-refractivity contribution < 1.29 is 14.7 Å². The third-order valence-electron chi connectivity index (χ3n) is 3.68. The number of aromatic nitrogens is 1. The van der Waals surface area contributed by atoms with Gasteiger partial charge in [-0.25, -0.2) is 4.98 Å². The maximum atomic E-state index is 12.5. The molecule has 1 amide bonds. The Hall–Kier alpha value is -1.73. The number of amides is 1.